The predicted octanol–water partition coefficient (Wildman–Crippen LogP) is 2.97. The predicted molar refractivity (Wildman–Crippen MR) is 87.3 cm³/mol. The summed E-state index contributed by atoms with van der Waals surface area (Å²) in [6, 6.07) is 8.01. The van der Waals surface area contributed by atoms with E-state index < -0.39 is 0 Å². The molecule has 0 radical (unpaired) electrons. The Morgan fingerprint density at radius 1 is 1.23 bits per heavy atom. The van der Waals surface area contributed by atoms with Gasteiger partial charge in [-0.15, -0.1) is 0 Å². The lowest BCUT2D eigenvalue weighted by molar-refractivity contribution is 0.609. The first-order valence-corrected chi connectivity index (χ1v) is 7.33. The van der Waals surface area contributed by atoms with Crippen LogP contribution >= 0.6 is 0 Å². The first-order valence-electron chi connectivity index (χ1n) is 7.33. The molecule has 6 nitrogen and oxygen atoms in total. The van der Waals surface area contributed by atoms with Crippen LogP contribution in [0.4, 0.5) is 5.82 Å². The molecule has 0 amide bonds. The monoisotopic (exact) mass is 292 g/mol. The van der Waals surface area contributed by atoms with Crippen LogP contribution in [0.15, 0.2) is 36.7 Å². The molecule has 3 aromatic heterocycles. The molecule has 0 aliphatic heterocycles. The number of anilines is 1. The van der Waals surface area contributed by atoms with Gasteiger partial charge >= 0.3 is 0 Å². The molecule has 0 bridgehead atoms. The van der Waals surface area contributed by atoms with Gasteiger partial charge in [-0.25, -0.2) is 4.98 Å². The Hall–Kier alpha value is -2.89. The van der Waals surface area contributed by atoms with Crippen LogP contribution in [0.5, 0.6) is 0 Å². The highest BCUT2D eigenvalue weighted by Crippen LogP contribution is 2.29. The quantitative estimate of drug-likeness (QED) is 0.608. The second-order valence-corrected chi connectivity index (χ2v) is 5.34. The fourth-order valence-electron chi connectivity index (χ4n) is 2.75. The minimum atomic E-state index is 0.518. The number of nitrogen functional groups attached to an aromatic ring is 1. The number of rotatable bonds is 3. The van der Waals surface area contributed by atoms with Crippen LogP contribution in [0.1, 0.15) is 13.3 Å². The number of fused-ring (bicyclic) bond motifs is 3. The molecule has 0 aliphatic carbocycles. The highest BCUT2D eigenvalue weighted by atomic mass is 15.3. The summed E-state index contributed by atoms with van der Waals surface area (Å²) in [4.78, 5) is 4.53. The van der Waals surface area contributed by atoms with Crippen LogP contribution in [-0.2, 0) is 6.54 Å². The van der Waals surface area contributed by atoms with Gasteiger partial charge < -0.3 is 5.73 Å². The highest BCUT2D eigenvalue weighted by molar-refractivity contribution is 6.08. The molecule has 22 heavy (non-hydrogen) atoms. The summed E-state index contributed by atoms with van der Waals surface area (Å²) in [6.45, 7) is 3.00. The molecule has 4 aromatic rings. The fourth-order valence-corrected chi connectivity index (χ4v) is 2.75. The number of nitrogens with one attached hydrogen (secondary N) is 1. The number of aryl methyl sites for hydroxylation is 1. The summed E-state index contributed by atoms with van der Waals surface area (Å²) in [7, 11) is 0. The van der Waals surface area contributed by atoms with Crippen LogP contribution in [0, 0.1) is 0 Å². The van der Waals surface area contributed by atoms with Crippen molar-refractivity contribution in [3.63, 3.8) is 0 Å². The van der Waals surface area contributed by atoms with E-state index in [-0.39, 0.29) is 0 Å². The maximum absolute atomic E-state index is 6.11. The molecule has 1 aromatic carbocycles. The Morgan fingerprint density at radius 3 is 2.91 bits per heavy atom. The molecule has 3 heterocycles. The Bertz CT molecular complexity index is 952. The van der Waals surface area contributed by atoms with Crippen LogP contribution in [0.2, 0.25) is 0 Å². The fraction of sp³-hybridized carbons (Fsp3) is 0.188. The molecule has 0 unspecified atom stereocenters. The van der Waals surface area contributed by atoms with E-state index >= 15 is 0 Å². The summed E-state index contributed by atoms with van der Waals surface area (Å²) in [6.07, 6.45) is 4.81. The van der Waals surface area contributed by atoms with Crippen molar-refractivity contribution in [3.8, 4) is 11.3 Å². The number of nitrogens with zero attached hydrogens (tertiary/aromatic N) is 4. The Morgan fingerprint density at radius 2 is 2.14 bits per heavy atom. The summed E-state index contributed by atoms with van der Waals surface area (Å²) in [5.41, 5.74) is 9.76. The lowest BCUT2D eigenvalue weighted by atomic mass is 10.1. The van der Waals surface area contributed by atoms with Crippen LogP contribution < -0.4 is 5.73 Å². The van der Waals surface area contributed by atoms with Crippen molar-refractivity contribution in [3.05, 3.63) is 36.7 Å². The number of H-pyrrole nitrogens is 1. The molecule has 0 aliphatic rings. The number of pyridine rings is 1. The summed E-state index contributed by atoms with van der Waals surface area (Å²) in [5.74, 6) is 0.518. The van der Waals surface area contributed by atoms with Gasteiger partial charge in [0.2, 0.25) is 0 Å². The zero-order chi connectivity index (χ0) is 15.1. The van der Waals surface area contributed by atoms with Crippen molar-refractivity contribution in [1.82, 2.24) is 25.0 Å². The SMILES string of the molecule is CCCn1cc2c(N)nc3cc(-c4cc[nH]n4)ccc3c2n1. The topological polar surface area (TPSA) is 85.4 Å². The highest BCUT2D eigenvalue weighted by Gasteiger charge is 2.12. The molecule has 0 atom stereocenters. The minimum absolute atomic E-state index is 0.518. The normalized spacial score (nSPS) is 11.5. The second kappa shape index (κ2) is 4.84. The van der Waals surface area contributed by atoms with Gasteiger partial charge in [0.1, 0.15) is 11.3 Å². The summed E-state index contributed by atoms with van der Waals surface area (Å²) in [5, 5.41) is 13.6. The van der Waals surface area contributed by atoms with Gasteiger partial charge in [0.05, 0.1) is 16.6 Å². The second-order valence-electron chi connectivity index (χ2n) is 5.34. The minimum Gasteiger partial charge on any atom is -0.383 e. The Kier molecular flexibility index (Phi) is 2.82. The first kappa shape index (κ1) is 12.8. The molecule has 110 valence electrons. The van der Waals surface area contributed by atoms with Crippen molar-refractivity contribution in [2.24, 2.45) is 0 Å². The maximum Gasteiger partial charge on any atom is 0.135 e. The molecule has 0 saturated carbocycles. The van der Waals surface area contributed by atoms with Crippen LogP contribution in [0.25, 0.3) is 33.1 Å². The van der Waals surface area contributed by atoms with E-state index in [9.17, 15) is 0 Å². The smallest absolute Gasteiger partial charge is 0.135 e. The van der Waals surface area contributed by atoms with Gasteiger partial charge in [0.25, 0.3) is 0 Å². The average molecular weight is 292 g/mol. The van der Waals surface area contributed by atoms with Crippen LogP contribution in [-0.4, -0.2) is 25.0 Å². The average Bonchev–Trinajstić information content (AvgIpc) is 3.17. The molecule has 6 heteroatoms. The van der Waals surface area contributed by atoms with Crippen molar-refractivity contribution < 1.29 is 0 Å². The molecule has 4 rings (SSSR count). The molecule has 0 saturated heterocycles. The maximum atomic E-state index is 6.11. The van der Waals surface area contributed by atoms with Gasteiger partial charge in [-0.1, -0.05) is 13.0 Å². The molecular weight excluding hydrogens is 276 g/mol. The summed E-state index contributed by atoms with van der Waals surface area (Å²) < 4.78 is 1.93. The third-order valence-electron chi connectivity index (χ3n) is 3.78. The van der Waals surface area contributed by atoms with Gasteiger partial charge in [0.15, 0.2) is 0 Å². The lowest BCUT2D eigenvalue weighted by Gasteiger charge is -2.03. The third kappa shape index (κ3) is 1.92. The van der Waals surface area contributed by atoms with E-state index in [0.29, 0.717) is 5.82 Å². The molecule has 3 N–H and O–H groups in total. The van der Waals surface area contributed by atoms with Crippen molar-refractivity contribution in [1.29, 1.82) is 0 Å². The number of hydrogen-bond acceptors (Lipinski definition) is 4. The first-order chi connectivity index (χ1) is 10.8. The van der Waals surface area contributed by atoms with E-state index in [4.69, 9.17) is 5.73 Å². The van der Waals surface area contributed by atoms with Gasteiger partial charge in [-0.2, -0.15) is 10.2 Å². The standard InChI is InChI=1S/C16H16N6/c1-2-7-22-9-12-15(21-22)11-4-3-10(13-5-6-18-20-13)8-14(11)19-16(12)17/h3-6,8-9H,2,7H2,1H3,(H2,17,19)(H,18,20). The van der Waals surface area contributed by atoms with Gasteiger partial charge in [0, 0.05) is 29.9 Å². The van der Waals surface area contributed by atoms with Crippen molar-refractivity contribution in [2.75, 3.05) is 5.73 Å². The van der Waals surface area contributed by atoms with Gasteiger partial charge in [-0.05, 0) is 24.6 Å². The van der Waals surface area contributed by atoms with E-state index in [2.05, 4.69) is 27.2 Å². The van der Waals surface area contributed by atoms with Crippen LogP contribution in [0.3, 0.4) is 0 Å². The summed E-state index contributed by atoms with van der Waals surface area (Å²) >= 11 is 0. The van der Waals surface area contributed by atoms with Crippen molar-refractivity contribution >= 4 is 27.6 Å². The van der Waals surface area contributed by atoms with Crippen molar-refractivity contribution in [2.45, 2.75) is 19.9 Å². The Balaban J connectivity index is 1.96. The zero-order valence-corrected chi connectivity index (χ0v) is 12.2. The lowest BCUT2D eigenvalue weighted by Crippen LogP contribution is -1.95. The number of benzene rings is 1. The molecule has 0 spiro atoms. The third-order valence-corrected chi connectivity index (χ3v) is 3.78. The van der Waals surface area contributed by atoms with Gasteiger partial charge in [-0.3, -0.25) is 9.78 Å². The molecule has 0 fully saturated rings. The largest absolute Gasteiger partial charge is 0.383 e. The number of hydrogen-bond donors (Lipinski definition) is 2. The van der Waals surface area contributed by atoms with E-state index in [1.54, 1.807) is 6.20 Å². The molecular formula is C16H16N6. The number of aromatic amines is 1. The van der Waals surface area contributed by atoms with E-state index in [1.807, 2.05) is 35.1 Å². The Labute approximate surface area is 127 Å². The number of aromatic nitrogens is 5. The van der Waals surface area contributed by atoms with E-state index in [0.717, 1.165) is 46.0 Å². The van der Waals surface area contributed by atoms with E-state index in [1.165, 1.54) is 0 Å². The number of nitrogens with two attached hydrogens (primary N) is 1. The zero-order valence-electron chi connectivity index (χ0n) is 12.2.